The van der Waals surface area contributed by atoms with Gasteiger partial charge in [-0.3, -0.25) is 14.9 Å². The summed E-state index contributed by atoms with van der Waals surface area (Å²) < 4.78 is 5.39. The quantitative estimate of drug-likeness (QED) is 0.461. The van der Waals surface area contributed by atoms with E-state index >= 15 is 0 Å². The molecule has 0 aromatic heterocycles. The number of nitrogens with zero attached hydrogens (tertiary/aromatic N) is 1. The largest absolute Gasteiger partial charge is 0.492 e. The first-order chi connectivity index (χ1) is 10.1. The number of nitro benzene ring substituents is 1. The van der Waals surface area contributed by atoms with Gasteiger partial charge in [0.15, 0.2) is 5.78 Å². The molecule has 0 aliphatic carbocycles. The Hall–Kier alpha value is -2.40. The fourth-order valence-electron chi connectivity index (χ4n) is 1.74. The van der Waals surface area contributed by atoms with Gasteiger partial charge in [0, 0.05) is 24.1 Å². The number of hydrogen-bond donors (Lipinski definition) is 0. The van der Waals surface area contributed by atoms with Gasteiger partial charge in [0.2, 0.25) is 0 Å². The van der Waals surface area contributed by atoms with Crippen molar-refractivity contribution in [1.82, 2.24) is 0 Å². The van der Waals surface area contributed by atoms with Crippen molar-refractivity contribution in [2.45, 2.75) is 6.42 Å². The van der Waals surface area contributed by atoms with Gasteiger partial charge in [-0.1, -0.05) is 41.9 Å². The van der Waals surface area contributed by atoms with E-state index in [4.69, 9.17) is 16.3 Å². The van der Waals surface area contributed by atoms with Crippen molar-refractivity contribution < 1.29 is 14.5 Å². The molecular formula is C15H12ClNO4. The molecule has 2 aromatic rings. The molecule has 0 fully saturated rings. The van der Waals surface area contributed by atoms with Crippen LogP contribution in [0.15, 0.2) is 48.5 Å². The van der Waals surface area contributed by atoms with E-state index in [1.165, 1.54) is 18.2 Å². The van der Waals surface area contributed by atoms with Crippen LogP contribution in [0.3, 0.4) is 0 Å². The molecule has 0 bridgehead atoms. The highest BCUT2D eigenvalue weighted by molar-refractivity contribution is 6.32. The number of rotatable bonds is 6. The second kappa shape index (κ2) is 6.85. The summed E-state index contributed by atoms with van der Waals surface area (Å²) in [6, 6.07) is 12.8. The molecule has 0 heterocycles. The number of halogens is 1. The molecule has 0 saturated carbocycles. The molecule has 0 amide bonds. The second-order valence-corrected chi connectivity index (χ2v) is 4.67. The summed E-state index contributed by atoms with van der Waals surface area (Å²) in [5.74, 6) is 0.289. The molecule has 5 nitrogen and oxygen atoms in total. The number of nitro groups is 1. The minimum absolute atomic E-state index is 0.0337. The van der Waals surface area contributed by atoms with E-state index in [1.54, 1.807) is 24.3 Å². The van der Waals surface area contributed by atoms with Gasteiger partial charge < -0.3 is 4.74 Å². The Bertz CT molecular complexity index is 658. The maximum Gasteiger partial charge on any atom is 0.271 e. The molecule has 0 atom stereocenters. The Kier molecular flexibility index (Phi) is 4.90. The van der Waals surface area contributed by atoms with Gasteiger partial charge in [-0.15, -0.1) is 0 Å². The fraction of sp³-hybridized carbons (Fsp3) is 0.133. The third-order valence-corrected chi connectivity index (χ3v) is 3.10. The molecule has 0 unspecified atom stereocenters. The molecule has 0 aliphatic rings. The molecule has 21 heavy (non-hydrogen) atoms. The summed E-state index contributed by atoms with van der Waals surface area (Å²) in [4.78, 5) is 21.9. The van der Waals surface area contributed by atoms with Crippen molar-refractivity contribution in [2.75, 3.05) is 6.61 Å². The fourth-order valence-corrected chi connectivity index (χ4v) is 1.97. The van der Waals surface area contributed by atoms with Gasteiger partial charge >= 0.3 is 0 Å². The SMILES string of the molecule is O=C(CCOc1ccc([N+](=O)[O-])cc1Cl)c1ccccc1. The zero-order valence-electron chi connectivity index (χ0n) is 11.0. The third kappa shape index (κ3) is 4.03. The first-order valence-electron chi connectivity index (χ1n) is 6.23. The molecule has 0 saturated heterocycles. The number of ketones is 1. The van der Waals surface area contributed by atoms with Crippen LogP contribution in [0.25, 0.3) is 0 Å². The number of non-ortho nitro benzene ring substituents is 1. The normalized spacial score (nSPS) is 10.1. The number of Topliss-reactive ketones (excluding diaryl/α,β-unsaturated/α-hetero) is 1. The van der Waals surface area contributed by atoms with E-state index in [9.17, 15) is 14.9 Å². The van der Waals surface area contributed by atoms with Gasteiger partial charge in [-0.05, 0) is 6.07 Å². The third-order valence-electron chi connectivity index (χ3n) is 2.81. The maximum absolute atomic E-state index is 11.9. The van der Waals surface area contributed by atoms with Crippen LogP contribution < -0.4 is 4.74 Å². The van der Waals surface area contributed by atoms with Gasteiger partial charge in [-0.2, -0.15) is 0 Å². The Labute approximate surface area is 126 Å². The topological polar surface area (TPSA) is 69.4 Å². The average Bonchev–Trinajstić information content (AvgIpc) is 2.49. The Morgan fingerprint density at radius 1 is 1.19 bits per heavy atom. The van der Waals surface area contributed by atoms with Crippen LogP contribution in [0.5, 0.6) is 5.75 Å². The smallest absolute Gasteiger partial charge is 0.271 e. The Balaban J connectivity index is 1.92. The highest BCUT2D eigenvalue weighted by Crippen LogP contribution is 2.28. The van der Waals surface area contributed by atoms with E-state index in [1.807, 2.05) is 6.07 Å². The summed E-state index contributed by atoms with van der Waals surface area (Å²) in [6.45, 7) is 0.158. The predicted octanol–water partition coefficient (Wildman–Crippen LogP) is 3.90. The predicted molar refractivity (Wildman–Crippen MR) is 79.0 cm³/mol. The van der Waals surface area contributed by atoms with Crippen LogP contribution in [0.1, 0.15) is 16.8 Å². The lowest BCUT2D eigenvalue weighted by molar-refractivity contribution is -0.384. The van der Waals surface area contributed by atoms with Gasteiger partial charge in [0.05, 0.1) is 16.6 Å². The van der Waals surface area contributed by atoms with Gasteiger partial charge in [0.25, 0.3) is 5.69 Å². The number of carbonyl (C=O) groups excluding carboxylic acids is 1. The van der Waals surface area contributed by atoms with Crippen LogP contribution in [-0.4, -0.2) is 17.3 Å². The standard InChI is InChI=1S/C15H12ClNO4/c16-13-10-12(17(19)20)6-7-15(13)21-9-8-14(18)11-4-2-1-3-5-11/h1-7,10H,8-9H2. The molecule has 0 radical (unpaired) electrons. The molecule has 6 heteroatoms. The van der Waals surface area contributed by atoms with Crippen molar-refractivity contribution in [1.29, 1.82) is 0 Å². The molecular weight excluding hydrogens is 294 g/mol. The van der Waals surface area contributed by atoms with Crippen LogP contribution in [0.2, 0.25) is 5.02 Å². The number of hydrogen-bond acceptors (Lipinski definition) is 4. The molecule has 0 spiro atoms. The summed E-state index contributed by atoms with van der Waals surface area (Å²) in [5.41, 5.74) is 0.517. The minimum Gasteiger partial charge on any atom is -0.492 e. The minimum atomic E-state index is -0.533. The van der Waals surface area contributed by atoms with Crippen molar-refractivity contribution in [3.05, 3.63) is 69.2 Å². The van der Waals surface area contributed by atoms with Gasteiger partial charge in [0.1, 0.15) is 5.75 Å². The Morgan fingerprint density at radius 2 is 1.90 bits per heavy atom. The van der Waals surface area contributed by atoms with E-state index < -0.39 is 4.92 Å². The summed E-state index contributed by atoms with van der Waals surface area (Å²) in [6.07, 6.45) is 0.206. The second-order valence-electron chi connectivity index (χ2n) is 4.26. The van der Waals surface area contributed by atoms with E-state index in [-0.39, 0.29) is 29.5 Å². The lowest BCUT2D eigenvalue weighted by Gasteiger charge is -2.07. The molecule has 0 aliphatic heterocycles. The average molecular weight is 306 g/mol. The van der Waals surface area contributed by atoms with E-state index in [2.05, 4.69) is 0 Å². The summed E-state index contributed by atoms with van der Waals surface area (Å²) in [5, 5.41) is 10.7. The van der Waals surface area contributed by atoms with Crippen LogP contribution in [0.4, 0.5) is 5.69 Å². The summed E-state index contributed by atoms with van der Waals surface area (Å²) in [7, 11) is 0. The first kappa shape index (κ1) is 15.0. The van der Waals surface area contributed by atoms with Crippen molar-refractivity contribution in [2.24, 2.45) is 0 Å². The first-order valence-corrected chi connectivity index (χ1v) is 6.60. The monoisotopic (exact) mass is 305 g/mol. The van der Waals surface area contributed by atoms with Crippen molar-refractivity contribution in [3.8, 4) is 5.75 Å². The highest BCUT2D eigenvalue weighted by atomic mass is 35.5. The Morgan fingerprint density at radius 3 is 2.52 bits per heavy atom. The van der Waals surface area contributed by atoms with Gasteiger partial charge in [-0.25, -0.2) is 0 Å². The molecule has 108 valence electrons. The van der Waals surface area contributed by atoms with E-state index in [0.29, 0.717) is 11.3 Å². The van der Waals surface area contributed by atoms with Crippen molar-refractivity contribution >= 4 is 23.1 Å². The zero-order chi connectivity index (χ0) is 15.2. The van der Waals surface area contributed by atoms with Crippen LogP contribution in [0, 0.1) is 10.1 Å². The maximum atomic E-state index is 11.9. The lowest BCUT2D eigenvalue weighted by atomic mass is 10.1. The highest BCUT2D eigenvalue weighted by Gasteiger charge is 2.11. The molecule has 0 N–H and O–H groups in total. The number of ether oxygens (including phenoxy) is 1. The van der Waals surface area contributed by atoms with E-state index in [0.717, 1.165) is 0 Å². The lowest BCUT2D eigenvalue weighted by Crippen LogP contribution is -2.06. The van der Waals surface area contributed by atoms with Crippen LogP contribution >= 0.6 is 11.6 Å². The molecule has 2 aromatic carbocycles. The summed E-state index contributed by atoms with van der Waals surface area (Å²) >= 11 is 5.89. The zero-order valence-corrected chi connectivity index (χ0v) is 11.7. The molecule has 2 rings (SSSR count). The van der Waals surface area contributed by atoms with Crippen molar-refractivity contribution in [3.63, 3.8) is 0 Å². The number of benzene rings is 2. The van der Waals surface area contributed by atoms with Crippen LogP contribution in [-0.2, 0) is 0 Å². The number of carbonyl (C=O) groups is 1.